The molecule has 1 aromatic carbocycles. The molecule has 0 aliphatic carbocycles. The summed E-state index contributed by atoms with van der Waals surface area (Å²) in [6.07, 6.45) is 2.37. The molecule has 0 unspecified atom stereocenters. The van der Waals surface area contributed by atoms with E-state index in [9.17, 15) is 4.79 Å². The van der Waals surface area contributed by atoms with Crippen LogP contribution in [0, 0.1) is 0 Å². The molecule has 1 amide bonds. The quantitative estimate of drug-likeness (QED) is 0.786. The lowest BCUT2D eigenvalue weighted by Crippen LogP contribution is -2.11. The number of nitrogens with one attached hydrogen (secondary N) is 1. The Morgan fingerprint density at radius 2 is 2.19 bits per heavy atom. The average molecular weight is 234 g/mol. The van der Waals surface area contributed by atoms with Gasteiger partial charge in [0.1, 0.15) is 0 Å². The molecule has 0 aliphatic rings. The number of amides is 1. The number of nitrogens with zero attached hydrogens (tertiary/aromatic N) is 1. The second-order valence-electron chi connectivity index (χ2n) is 3.69. The number of rotatable bonds is 3. The van der Waals surface area contributed by atoms with Crippen LogP contribution in [-0.4, -0.2) is 16.2 Å². The number of aryl methyl sites for hydroxylation is 1. The van der Waals surface area contributed by atoms with E-state index in [2.05, 4.69) is 17.9 Å². The average Bonchev–Trinajstić information content (AvgIpc) is 2.57. The first-order valence-corrected chi connectivity index (χ1v) is 5.80. The highest BCUT2D eigenvalue weighted by atomic mass is 32.1. The fourth-order valence-electron chi connectivity index (χ4n) is 1.76. The van der Waals surface area contributed by atoms with Gasteiger partial charge in [0.05, 0.1) is 5.69 Å². The Morgan fingerprint density at radius 3 is 2.94 bits per heavy atom. The first kappa shape index (κ1) is 11.1. The van der Waals surface area contributed by atoms with Gasteiger partial charge in [-0.05, 0) is 11.8 Å². The molecule has 0 bridgehead atoms. The molecule has 2 rings (SSSR count). The van der Waals surface area contributed by atoms with Crippen molar-refractivity contribution in [3.8, 4) is 0 Å². The van der Waals surface area contributed by atoms with Gasteiger partial charge >= 0.3 is 0 Å². The van der Waals surface area contributed by atoms with Gasteiger partial charge in [0, 0.05) is 30.6 Å². The molecule has 0 saturated carbocycles. The van der Waals surface area contributed by atoms with Crippen molar-refractivity contribution in [3.63, 3.8) is 0 Å². The Balaban J connectivity index is 2.34. The molecule has 1 aromatic heterocycles. The van der Waals surface area contributed by atoms with Crippen LogP contribution in [0.3, 0.4) is 0 Å². The Hall–Kier alpha value is -1.42. The molecule has 0 atom stereocenters. The highest BCUT2D eigenvalue weighted by Crippen LogP contribution is 2.24. The van der Waals surface area contributed by atoms with Crippen LogP contribution in [-0.2, 0) is 11.8 Å². The SMILES string of the molecule is Cn1cc(NC(=O)CCS)c2ccccc21. The van der Waals surface area contributed by atoms with Gasteiger partial charge in [-0.3, -0.25) is 4.79 Å². The van der Waals surface area contributed by atoms with Crippen LogP contribution in [0.15, 0.2) is 30.5 Å². The number of hydrogen-bond donors (Lipinski definition) is 2. The van der Waals surface area contributed by atoms with E-state index >= 15 is 0 Å². The van der Waals surface area contributed by atoms with Crippen LogP contribution < -0.4 is 5.32 Å². The van der Waals surface area contributed by atoms with E-state index in [-0.39, 0.29) is 5.91 Å². The maximum Gasteiger partial charge on any atom is 0.225 e. The van der Waals surface area contributed by atoms with Crippen LogP contribution >= 0.6 is 12.6 Å². The van der Waals surface area contributed by atoms with E-state index < -0.39 is 0 Å². The van der Waals surface area contributed by atoms with Crippen molar-refractivity contribution < 1.29 is 4.79 Å². The number of thiol groups is 1. The largest absolute Gasteiger partial charge is 0.348 e. The van der Waals surface area contributed by atoms with Gasteiger partial charge in [-0.25, -0.2) is 0 Å². The second kappa shape index (κ2) is 4.61. The fraction of sp³-hybridized carbons (Fsp3) is 0.250. The summed E-state index contributed by atoms with van der Waals surface area (Å²) in [5, 5.41) is 3.97. The summed E-state index contributed by atoms with van der Waals surface area (Å²) in [7, 11) is 1.97. The predicted octanol–water partition coefficient (Wildman–Crippen LogP) is 2.44. The zero-order valence-electron chi connectivity index (χ0n) is 9.10. The second-order valence-corrected chi connectivity index (χ2v) is 4.14. The zero-order chi connectivity index (χ0) is 11.5. The predicted molar refractivity (Wildman–Crippen MR) is 70.0 cm³/mol. The van der Waals surface area contributed by atoms with Crippen LogP contribution in [0.1, 0.15) is 6.42 Å². The molecule has 1 N–H and O–H groups in total. The fourth-order valence-corrected chi connectivity index (χ4v) is 1.96. The van der Waals surface area contributed by atoms with E-state index in [1.165, 1.54) is 0 Å². The molecular weight excluding hydrogens is 220 g/mol. The molecule has 0 aliphatic heterocycles. The maximum absolute atomic E-state index is 11.5. The third kappa shape index (κ3) is 2.07. The summed E-state index contributed by atoms with van der Waals surface area (Å²) >= 11 is 4.04. The lowest BCUT2D eigenvalue weighted by Gasteiger charge is -2.01. The maximum atomic E-state index is 11.5. The molecule has 1 heterocycles. The summed E-state index contributed by atoms with van der Waals surface area (Å²) in [4.78, 5) is 11.5. The lowest BCUT2D eigenvalue weighted by molar-refractivity contribution is -0.115. The van der Waals surface area contributed by atoms with Crippen molar-refractivity contribution >= 4 is 35.1 Å². The van der Waals surface area contributed by atoms with E-state index in [0.717, 1.165) is 16.6 Å². The van der Waals surface area contributed by atoms with Crippen LogP contribution in [0.4, 0.5) is 5.69 Å². The molecule has 84 valence electrons. The van der Waals surface area contributed by atoms with E-state index in [0.29, 0.717) is 12.2 Å². The Morgan fingerprint density at radius 1 is 1.44 bits per heavy atom. The summed E-state index contributed by atoms with van der Waals surface area (Å²) in [6.45, 7) is 0. The number of aromatic nitrogens is 1. The van der Waals surface area contributed by atoms with Crippen LogP contribution in [0.5, 0.6) is 0 Å². The van der Waals surface area contributed by atoms with Gasteiger partial charge in [0.2, 0.25) is 5.91 Å². The Kier molecular flexibility index (Phi) is 3.19. The highest BCUT2D eigenvalue weighted by Gasteiger charge is 2.08. The Labute approximate surface area is 99.9 Å². The number of carbonyl (C=O) groups is 1. The minimum Gasteiger partial charge on any atom is -0.348 e. The number of fused-ring (bicyclic) bond motifs is 1. The van der Waals surface area contributed by atoms with Crippen molar-refractivity contribution in [2.45, 2.75) is 6.42 Å². The summed E-state index contributed by atoms with van der Waals surface area (Å²) in [6, 6.07) is 7.99. The molecule has 16 heavy (non-hydrogen) atoms. The minimum absolute atomic E-state index is 0.00588. The number of anilines is 1. The van der Waals surface area contributed by atoms with Gasteiger partial charge < -0.3 is 9.88 Å². The third-order valence-electron chi connectivity index (χ3n) is 2.51. The van der Waals surface area contributed by atoms with Crippen LogP contribution in [0.25, 0.3) is 10.9 Å². The molecule has 0 saturated heterocycles. The first-order valence-electron chi connectivity index (χ1n) is 5.17. The smallest absolute Gasteiger partial charge is 0.225 e. The van der Waals surface area contributed by atoms with Crippen LogP contribution in [0.2, 0.25) is 0 Å². The summed E-state index contributed by atoms with van der Waals surface area (Å²) in [5.41, 5.74) is 1.98. The number of carbonyl (C=O) groups excluding carboxylic acids is 1. The normalized spacial score (nSPS) is 10.6. The van der Waals surface area contributed by atoms with Gasteiger partial charge in [-0.2, -0.15) is 12.6 Å². The molecule has 2 aromatic rings. The minimum atomic E-state index is 0.00588. The molecular formula is C12H14N2OS. The lowest BCUT2D eigenvalue weighted by atomic mass is 10.2. The van der Waals surface area contributed by atoms with Gasteiger partial charge in [0.25, 0.3) is 0 Å². The summed E-state index contributed by atoms with van der Waals surface area (Å²) in [5.74, 6) is 0.572. The first-order chi connectivity index (χ1) is 7.72. The standard InChI is InChI=1S/C12H14N2OS/c1-14-8-10(13-12(15)6-7-16)9-4-2-3-5-11(9)14/h2-5,8,16H,6-7H2,1H3,(H,13,15). The number of para-hydroxylation sites is 1. The van der Waals surface area contributed by atoms with Crippen molar-refractivity contribution in [3.05, 3.63) is 30.5 Å². The molecule has 0 fully saturated rings. The van der Waals surface area contributed by atoms with E-state index in [1.54, 1.807) is 0 Å². The van der Waals surface area contributed by atoms with E-state index in [4.69, 9.17) is 0 Å². The van der Waals surface area contributed by atoms with Crippen molar-refractivity contribution in [2.75, 3.05) is 11.1 Å². The molecule has 3 nitrogen and oxygen atoms in total. The van der Waals surface area contributed by atoms with E-state index in [1.807, 2.05) is 42.1 Å². The van der Waals surface area contributed by atoms with Gasteiger partial charge in [-0.1, -0.05) is 18.2 Å². The molecule has 0 radical (unpaired) electrons. The monoisotopic (exact) mass is 234 g/mol. The van der Waals surface area contributed by atoms with Gasteiger partial charge in [-0.15, -0.1) is 0 Å². The molecule has 4 heteroatoms. The molecule has 0 spiro atoms. The highest BCUT2D eigenvalue weighted by molar-refractivity contribution is 7.80. The van der Waals surface area contributed by atoms with Crippen molar-refractivity contribution in [2.24, 2.45) is 7.05 Å². The number of benzene rings is 1. The summed E-state index contributed by atoms with van der Waals surface area (Å²) < 4.78 is 2.01. The zero-order valence-corrected chi connectivity index (χ0v) is 10.00. The number of hydrogen-bond acceptors (Lipinski definition) is 2. The topological polar surface area (TPSA) is 34.0 Å². The Bertz CT molecular complexity index is 519. The van der Waals surface area contributed by atoms with Crippen molar-refractivity contribution in [1.29, 1.82) is 0 Å². The third-order valence-corrected chi connectivity index (χ3v) is 2.73. The van der Waals surface area contributed by atoms with Crippen molar-refractivity contribution in [1.82, 2.24) is 4.57 Å². The van der Waals surface area contributed by atoms with Gasteiger partial charge in [0.15, 0.2) is 0 Å².